The van der Waals surface area contributed by atoms with Crippen LogP contribution in [0.2, 0.25) is 0 Å². The summed E-state index contributed by atoms with van der Waals surface area (Å²) >= 11 is 0. The second-order valence-corrected chi connectivity index (χ2v) is 2.65. The number of hydrogen-bond acceptors (Lipinski definition) is 3. The molecule has 13 heavy (non-hydrogen) atoms. The third-order valence-electron chi connectivity index (χ3n) is 1.90. The molecule has 0 aliphatic heterocycles. The van der Waals surface area contributed by atoms with Crippen molar-refractivity contribution in [3.05, 3.63) is 40.8 Å². The van der Waals surface area contributed by atoms with Crippen LogP contribution in [-0.2, 0) is 6.73 Å². The van der Waals surface area contributed by atoms with E-state index in [0.717, 1.165) is 0 Å². The van der Waals surface area contributed by atoms with E-state index in [4.69, 9.17) is 5.11 Å². The van der Waals surface area contributed by atoms with Crippen LogP contribution in [0.3, 0.4) is 0 Å². The number of rotatable bonds is 1. The highest BCUT2D eigenvalue weighted by Gasteiger charge is 2.00. The van der Waals surface area contributed by atoms with Crippen molar-refractivity contribution in [2.75, 3.05) is 0 Å². The summed E-state index contributed by atoms with van der Waals surface area (Å²) in [5.74, 6) is 0. The second kappa shape index (κ2) is 2.99. The van der Waals surface area contributed by atoms with Gasteiger partial charge >= 0.3 is 0 Å². The van der Waals surface area contributed by atoms with E-state index in [9.17, 15) is 4.79 Å². The van der Waals surface area contributed by atoms with E-state index in [1.165, 1.54) is 10.6 Å². The first-order valence-electron chi connectivity index (χ1n) is 3.88. The molecule has 0 fully saturated rings. The first kappa shape index (κ1) is 7.94. The molecule has 2 aromatic rings. The quantitative estimate of drug-likeness (QED) is 0.682. The zero-order valence-electron chi connectivity index (χ0n) is 6.84. The molecule has 0 aromatic carbocycles. The Bertz CT molecular complexity index is 490. The van der Waals surface area contributed by atoms with Crippen LogP contribution in [-0.4, -0.2) is 14.7 Å². The van der Waals surface area contributed by atoms with Crippen molar-refractivity contribution in [3.63, 3.8) is 0 Å². The molecule has 2 rings (SSSR count). The summed E-state index contributed by atoms with van der Waals surface area (Å²) in [6.45, 7) is -0.318. The maximum Gasteiger partial charge on any atom is 0.253 e. The number of pyridine rings is 2. The number of fused-ring (bicyclic) bond motifs is 1. The monoisotopic (exact) mass is 176 g/mol. The van der Waals surface area contributed by atoms with Gasteiger partial charge in [-0.25, -0.2) is 0 Å². The van der Waals surface area contributed by atoms with Crippen LogP contribution in [0.5, 0.6) is 0 Å². The molecule has 2 aromatic heterocycles. The van der Waals surface area contributed by atoms with Crippen molar-refractivity contribution in [1.82, 2.24) is 9.55 Å². The molecule has 0 aliphatic carbocycles. The van der Waals surface area contributed by atoms with Crippen molar-refractivity contribution in [3.8, 4) is 0 Å². The lowest BCUT2D eigenvalue weighted by Gasteiger charge is -2.04. The van der Waals surface area contributed by atoms with Gasteiger partial charge < -0.3 is 5.11 Å². The summed E-state index contributed by atoms with van der Waals surface area (Å²) in [6.07, 6.45) is 1.65. The average Bonchev–Trinajstić information content (AvgIpc) is 2.18. The van der Waals surface area contributed by atoms with Crippen LogP contribution in [0, 0.1) is 0 Å². The van der Waals surface area contributed by atoms with Gasteiger partial charge in [0.05, 0.1) is 11.0 Å². The van der Waals surface area contributed by atoms with Gasteiger partial charge in [-0.3, -0.25) is 14.3 Å². The predicted molar refractivity (Wildman–Crippen MR) is 48.2 cm³/mol. The normalized spacial score (nSPS) is 10.5. The fourth-order valence-corrected chi connectivity index (χ4v) is 1.27. The Morgan fingerprint density at radius 3 is 3.00 bits per heavy atom. The topological polar surface area (TPSA) is 55.1 Å². The van der Waals surface area contributed by atoms with Gasteiger partial charge in [-0.15, -0.1) is 0 Å². The first-order chi connectivity index (χ1) is 6.33. The molecule has 66 valence electrons. The van der Waals surface area contributed by atoms with E-state index in [1.54, 1.807) is 24.4 Å². The highest BCUT2D eigenvalue weighted by Crippen LogP contribution is 2.06. The van der Waals surface area contributed by atoms with Crippen LogP contribution in [0.15, 0.2) is 35.3 Å². The summed E-state index contributed by atoms with van der Waals surface area (Å²) < 4.78 is 1.27. The SMILES string of the molecule is O=c1ccc2ncccc2n1CO. The van der Waals surface area contributed by atoms with E-state index in [2.05, 4.69) is 4.98 Å². The third-order valence-corrected chi connectivity index (χ3v) is 1.90. The summed E-state index contributed by atoms with van der Waals surface area (Å²) in [4.78, 5) is 15.3. The molecule has 0 spiro atoms. The van der Waals surface area contributed by atoms with Gasteiger partial charge in [-0.05, 0) is 18.2 Å². The molecule has 0 amide bonds. The Morgan fingerprint density at radius 1 is 1.38 bits per heavy atom. The smallest absolute Gasteiger partial charge is 0.253 e. The molecule has 2 heterocycles. The second-order valence-electron chi connectivity index (χ2n) is 2.65. The van der Waals surface area contributed by atoms with Crippen molar-refractivity contribution >= 4 is 11.0 Å². The van der Waals surface area contributed by atoms with Crippen molar-refractivity contribution in [2.24, 2.45) is 0 Å². The Kier molecular flexibility index (Phi) is 1.83. The van der Waals surface area contributed by atoms with Gasteiger partial charge in [-0.1, -0.05) is 0 Å². The minimum Gasteiger partial charge on any atom is -0.376 e. The summed E-state index contributed by atoms with van der Waals surface area (Å²) in [7, 11) is 0. The van der Waals surface area contributed by atoms with Crippen molar-refractivity contribution in [1.29, 1.82) is 0 Å². The van der Waals surface area contributed by atoms with Crippen LogP contribution in [0.4, 0.5) is 0 Å². The standard InChI is InChI=1S/C9H8N2O2/c12-6-11-8-2-1-5-10-7(8)3-4-9(11)13/h1-5,12H,6H2. The Labute approximate surface area is 74.1 Å². The minimum absolute atomic E-state index is 0.219. The van der Waals surface area contributed by atoms with Crippen molar-refractivity contribution in [2.45, 2.75) is 6.73 Å². The molecule has 0 atom stereocenters. The van der Waals surface area contributed by atoms with Gasteiger partial charge in [-0.2, -0.15) is 0 Å². The number of aliphatic hydroxyl groups excluding tert-OH is 1. The first-order valence-corrected chi connectivity index (χ1v) is 3.88. The average molecular weight is 176 g/mol. The highest BCUT2D eigenvalue weighted by atomic mass is 16.3. The summed E-state index contributed by atoms with van der Waals surface area (Å²) in [6, 6.07) is 6.52. The molecular formula is C9H8N2O2. The molecule has 1 N–H and O–H groups in total. The lowest BCUT2D eigenvalue weighted by atomic mass is 10.3. The number of nitrogens with zero attached hydrogens (tertiary/aromatic N) is 2. The molecule has 0 saturated carbocycles. The fraction of sp³-hybridized carbons (Fsp3) is 0.111. The van der Waals surface area contributed by atoms with Gasteiger partial charge in [0.25, 0.3) is 5.56 Å². The number of aromatic nitrogens is 2. The lowest BCUT2D eigenvalue weighted by Crippen LogP contribution is -2.19. The van der Waals surface area contributed by atoms with Gasteiger partial charge in [0.1, 0.15) is 6.73 Å². The maximum absolute atomic E-state index is 11.2. The number of aliphatic hydroxyl groups is 1. The van der Waals surface area contributed by atoms with Crippen LogP contribution in [0.25, 0.3) is 11.0 Å². The van der Waals surface area contributed by atoms with Gasteiger partial charge in [0.2, 0.25) is 0 Å². The van der Waals surface area contributed by atoms with E-state index < -0.39 is 0 Å². The third kappa shape index (κ3) is 1.21. The van der Waals surface area contributed by atoms with E-state index >= 15 is 0 Å². The molecule has 0 unspecified atom stereocenters. The molecule has 4 heteroatoms. The molecule has 4 nitrogen and oxygen atoms in total. The minimum atomic E-state index is -0.318. The lowest BCUT2D eigenvalue weighted by molar-refractivity contribution is 0.211. The Morgan fingerprint density at radius 2 is 2.23 bits per heavy atom. The van der Waals surface area contributed by atoms with Crippen LogP contribution < -0.4 is 5.56 Å². The van der Waals surface area contributed by atoms with Crippen LogP contribution >= 0.6 is 0 Å². The van der Waals surface area contributed by atoms with E-state index in [0.29, 0.717) is 11.0 Å². The molecule has 0 saturated heterocycles. The molecule has 0 bridgehead atoms. The van der Waals surface area contributed by atoms with Gasteiger partial charge in [0, 0.05) is 12.3 Å². The van der Waals surface area contributed by atoms with E-state index in [-0.39, 0.29) is 12.3 Å². The Balaban J connectivity index is 2.92. The fourth-order valence-electron chi connectivity index (χ4n) is 1.27. The van der Waals surface area contributed by atoms with E-state index in [1.807, 2.05) is 0 Å². The zero-order chi connectivity index (χ0) is 9.26. The summed E-state index contributed by atoms with van der Waals surface area (Å²) in [5.41, 5.74) is 1.14. The molecule has 0 aliphatic rings. The maximum atomic E-state index is 11.2. The van der Waals surface area contributed by atoms with Crippen LogP contribution in [0.1, 0.15) is 0 Å². The highest BCUT2D eigenvalue weighted by molar-refractivity contribution is 5.73. The number of hydrogen-bond donors (Lipinski definition) is 1. The Hall–Kier alpha value is -1.68. The largest absolute Gasteiger partial charge is 0.376 e. The predicted octanol–water partition coefficient (Wildman–Crippen LogP) is 0.346. The zero-order valence-corrected chi connectivity index (χ0v) is 6.84. The van der Waals surface area contributed by atoms with Gasteiger partial charge in [0.15, 0.2) is 0 Å². The molecule has 0 radical (unpaired) electrons. The van der Waals surface area contributed by atoms with Crippen molar-refractivity contribution < 1.29 is 5.11 Å². The summed E-state index contributed by atoms with van der Waals surface area (Å²) in [5, 5.41) is 8.95. The molecular weight excluding hydrogens is 168 g/mol.